The fourth-order valence-corrected chi connectivity index (χ4v) is 3.03. The van der Waals surface area contributed by atoms with Gasteiger partial charge >= 0.3 is 0 Å². The molecule has 2 rings (SSSR count). The molecule has 1 fully saturated rings. The molecule has 1 aromatic rings. The number of amides is 1. The van der Waals surface area contributed by atoms with Gasteiger partial charge in [-0.15, -0.1) is 0 Å². The molecule has 1 N–H and O–H groups in total. The molecule has 5 heteroatoms. The van der Waals surface area contributed by atoms with Crippen molar-refractivity contribution in [1.82, 2.24) is 10.2 Å². The Morgan fingerprint density at radius 2 is 2.12 bits per heavy atom. The van der Waals surface area contributed by atoms with Gasteiger partial charge in [-0.3, -0.25) is 9.69 Å². The molecule has 3 atom stereocenters. The van der Waals surface area contributed by atoms with Gasteiger partial charge in [0.25, 0.3) is 0 Å². The van der Waals surface area contributed by atoms with E-state index in [-0.39, 0.29) is 18.1 Å². The molecule has 1 unspecified atom stereocenters. The van der Waals surface area contributed by atoms with Crippen LogP contribution in [0.15, 0.2) is 30.3 Å². The standard InChI is InChI=1S/C20H32N2O3/c1-16-10-13-24-17(2)14-22(16)15-20(23)21-11-7-12-25-18(3)19-8-5-4-6-9-19/h4-6,8-9,16-18H,7,10-15H2,1-3H3,(H,21,23)/t16-,17-,18?/m1/s1. The number of hydrogen-bond donors (Lipinski definition) is 1. The Kier molecular flexibility index (Phi) is 8.38. The van der Waals surface area contributed by atoms with Crippen LogP contribution in [-0.4, -0.2) is 55.8 Å². The van der Waals surface area contributed by atoms with E-state index in [1.807, 2.05) is 18.2 Å². The molecule has 25 heavy (non-hydrogen) atoms. The van der Waals surface area contributed by atoms with Crippen molar-refractivity contribution in [1.29, 1.82) is 0 Å². The summed E-state index contributed by atoms with van der Waals surface area (Å²) in [5.41, 5.74) is 1.18. The summed E-state index contributed by atoms with van der Waals surface area (Å²) in [4.78, 5) is 14.4. The van der Waals surface area contributed by atoms with Crippen LogP contribution < -0.4 is 5.32 Å². The van der Waals surface area contributed by atoms with E-state index in [4.69, 9.17) is 9.47 Å². The van der Waals surface area contributed by atoms with E-state index < -0.39 is 0 Å². The lowest BCUT2D eigenvalue weighted by Crippen LogP contribution is -2.43. The molecular weight excluding hydrogens is 316 g/mol. The number of nitrogens with one attached hydrogen (secondary N) is 1. The Morgan fingerprint density at radius 3 is 2.88 bits per heavy atom. The Bertz CT molecular complexity index is 509. The van der Waals surface area contributed by atoms with E-state index in [9.17, 15) is 4.79 Å². The third kappa shape index (κ3) is 7.14. The van der Waals surface area contributed by atoms with Gasteiger partial charge in [-0.1, -0.05) is 30.3 Å². The van der Waals surface area contributed by atoms with Gasteiger partial charge in [-0.2, -0.15) is 0 Å². The SMILES string of the molecule is CC(OCCCNC(=O)CN1C[C@@H](C)OCC[C@H]1C)c1ccccc1. The van der Waals surface area contributed by atoms with E-state index >= 15 is 0 Å². The van der Waals surface area contributed by atoms with Gasteiger partial charge in [-0.25, -0.2) is 0 Å². The second-order valence-electron chi connectivity index (χ2n) is 6.88. The van der Waals surface area contributed by atoms with E-state index in [0.717, 1.165) is 26.0 Å². The van der Waals surface area contributed by atoms with Crippen LogP contribution in [-0.2, 0) is 14.3 Å². The minimum atomic E-state index is 0.0799. The summed E-state index contributed by atoms with van der Waals surface area (Å²) in [6.45, 7) is 9.59. The number of carbonyl (C=O) groups is 1. The molecule has 5 nitrogen and oxygen atoms in total. The summed E-state index contributed by atoms with van der Waals surface area (Å²) in [5.74, 6) is 0.0806. The highest BCUT2D eigenvalue weighted by atomic mass is 16.5. The van der Waals surface area contributed by atoms with Gasteiger partial charge in [0.2, 0.25) is 5.91 Å². The summed E-state index contributed by atoms with van der Waals surface area (Å²) in [5, 5.41) is 3.00. The first-order valence-electron chi connectivity index (χ1n) is 9.35. The molecule has 1 aliphatic rings. The van der Waals surface area contributed by atoms with Crippen LogP contribution in [0.3, 0.4) is 0 Å². The first kappa shape index (κ1) is 19.9. The summed E-state index contributed by atoms with van der Waals surface area (Å²) >= 11 is 0. The zero-order chi connectivity index (χ0) is 18.1. The fraction of sp³-hybridized carbons (Fsp3) is 0.650. The molecule has 0 aliphatic carbocycles. The number of rotatable bonds is 8. The molecule has 1 heterocycles. The van der Waals surface area contributed by atoms with Crippen LogP contribution in [0.5, 0.6) is 0 Å². The van der Waals surface area contributed by atoms with Gasteiger partial charge < -0.3 is 14.8 Å². The minimum Gasteiger partial charge on any atom is -0.377 e. The normalized spacial score (nSPS) is 23.0. The lowest BCUT2D eigenvalue weighted by Gasteiger charge is -2.26. The average Bonchev–Trinajstić information content (AvgIpc) is 2.76. The van der Waals surface area contributed by atoms with Crippen molar-refractivity contribution in [3.8, 4) is 0 Å². The number of nitrogens with zero attached hydrogens (tertiary/aromatic N) is 1. The Labute approximate surface area is 151 Å². The summed E-state index contributed by atoms with van der Waals surface area (Å²) < 4.78 is 11.5. The lowest BCUT2D eigenvalue weighted by atomic mass is 10.1. The van der Waals surface area contributed by atoms with Crippen LogP contribution in [0.2, 0.25) is 0 Å². The minimum absolute atomic E-state index is 0.0799. The van der Waals surface area contributed by atoms with Gasteiger partial charge in [0.05, 0.1) is 18.8 Å². The first-order chi connectivity index (χ1) is 12.1. The van der Waals surface area contributed by atoms with E-state index in [1.165, 1.54) is 5.56 Å². The highest BCUT2D eigenvalue weighted by molar-refractivity contribution is 5.78. The predicted octanol–water partition coefficient (Wildman–Crippen LogP) is 2.77. The van der Waals surface area contributed by atoms with Crippen LogP contribution in [0, 0.1) is 0 Å². The summed E-state index contributed by atoms with van der Waals surface area (Å²) in [6, 6.07) is 10.6. The number of benzene rings is 1. The second-order valence-corrected chi connectivity index (χ2v) is 6.88. The quantitative estimate of drug-likeness (QED) is 0.734. The van der Waals surface area contributed by atoms with Crippen LogP contribution >= 0.6 is 0 Å². The summed E-state index contributed by atoms with van der Waals surface area (Å²) in [7, 11) is 0. The topological polar surface area (TPSA) is 50.8 Å². The molecule has 1 aliphatic heterocycles. The number of carbonyl (C=O) groups excluding carboxylic acids is 1. The Morgan fingerprint density at radius 1 is 1.36 bits per heavy atom. The lowest BCUT2D eigenvalue weighted by molar-refractivity contribution is -0.122. The molecule has 140 valence electrons. The van der Waals surface area contributed by atoms with Crippen LogP contribution in [0.1, 0.15) is 45.3 Å². The molecule has 0 saturated carbocycles. The Hall–Kier alpha value is -1.43. The smallest absolute Gasteiger partial charge is 0.234 e. The zero-order valence-corrected chi connectivity index (χ0v) is 15.7. The Balaban J connectivity index is 1.60. The molecule has 1 amide bonds. The molecule has 0 spiro atoms. The van der Waals surface area contributed by atoms with Crippen molar-refractivity contribution >= 4 is 5.91 Å². The number of ether oxygens (including phenoxy) is 2. The highest BCUT2D eigenvalue weighted by Gasteiger charge is 2.22. The van der Waals surface area contributed by atoms with Gasteiger partial charge in [0.15, 0.2) is 0 Å². The van der Waals surface area contributed by atoms with Crippen LogP contribution in [0.4, 0.5) is 0 Å². The molecule has 1 saturated heterocycles. The maximum atomic E-state index is 12.2. The van der Waals surface area contributed by atoms with Crippen molar-refractivity contribution in [2.75, 3.05) is 32.8 Å². The van der Waals surface area contributed by atoms with Gasteiger partial charge in [0.1, 0.15) is 0 Å². The fourth-order valence-electron chi connectivity index (χ4n) is 3.03. The molecule has 1 aromatic carbocycles. The average molecular weight is 348 g/mol. The molecular formula is C20H32N2O3. The molecule has 0 aromatic heterocycles. The van der Waals surface area contributed by atoms with E-state index in [0.29, 0.717) is 25.7 Å². The van der Waals surface area contributed by atoms with Crippen molar-refractivity contribution in [3.05, 3.63) is 35.9 Å². The maximum Gasteiger partial charge on any atom is 0.234 e. The molecule has 0 radical (unpaired) electrons. The maximum absolute atomic E-state index is 12.2. The largest absolute Gasteiger partial charge is 0.377 e. The van der Waals surface area contributed by atoms with Crippen LogP contribution in [0.25, 0.3) is 0 Å². The van der Waals surface area contributed by atoms with Gasteiger partial charge in [-0.05, 0) is 39.2 Å². The van der Waals surface area contributed by atoms with E-state index in [1.54, 1.807) is 0 Å². The second kappa shape index (κ2) is 10.5. The highest BCUT2D eigenvalue weighted by Crippen LogP contribution is 2.15. The van der Waals surface area contributed by atoms with Crippen molar-refractivity contribution < 1.29 is 14.3 Å². The van der Waals surface area contributed by atoms with Crippen molar-refractivity contribution in [2.45, 2.75) is 51.9 Å². The number of hydrogen-bond acceptors (Lipinski definition) is 4. The summed E-state index contributed by atoms with van der Waals surface area (Å²) in [6.07, 6.45) is 2.06. The van der Waals surface area contributed by atoms with Gasteiger partial charge in [0, 0.05) is 32.3 Å². The third-order valence-electron chi connectivity index (χ3n) is 4.68. The van der Waals surface area contributed by atoms with Crippen molar-refractivity contribution in [2.24, 2.45) is 0 Å². The van der Waals surface area contributed by atoms with E-state index in [2.05, 4.69) is 43.1 Å². The zero-order valence-electron chi connectivity index (χ0n) is 15.7. The van der Waals surface area contributed by atoms with Crippen molar-refractivity contribution in [3.63, 3.8) is 0 Å². The molecule has 0 bridgehead atoms. The monoisotopic (exact) mass is 348 g/mol. The third-order valence-corrected chi connectivity index (χ3v) is 4.68. The predicted molar refractivity (Wildman–Crippen MR) is 99.5 cm³/mol. The first-order valence-corrected chi connectivity index (χ1v) is 9.35.